The molecule has 0 saturated heterocycles. The van der Waals surface area contributed by atoms with Gasteiger partial charge in [-0.15, -0.1) is 0 Å². The van der Waals surface area contributed by atoms with E-state index in [9.17, 15) is 19.4 Å². The molecule has 0 bridgehead atoms. The van der Waals surface area contributed by atoms with E-state index in [1.165, 1.54) is 199 Å². The highest BCUT2D eigenvalue weighted by atomic mass is 31.2. The third-order valence-corrected chi connectivity index (χ3v) is 13.9. The van der Waals surface area contributed by atoms with Crippen LogP contribution in [0.3, 0.4) is 0 Å². The first-order chi connectivity index (χ1) is 31.5. The van der Waals surface area contributed by atoms with Crippen molar-refractivity contribution in [3.63, 3.8) is 0 Å². The van der Waals surface area contributed by atoms with Crippen LogP contribution in [0, 0.1) is 0 Å². The average molecular weight is 939 g/mol. The van der Waals surface area contributed by atoms with E-state index in [0.717, 1.165) is 51.4 Å². The zero-order chi connectivity index (χ0) is 47.8. The lowest BCUT2D eigenvalue weighted by atomic mass is 10.0. The van der Waals surface area contributed by atoms with Gasteiger partial charge < -0.3 is 28.8 Å². The molecule has 0 saturated carbocycles. The Kier molecular flexibility index (Phi) is 47.3. The molecule has 0 aromatic carbocycles. The zero-order valence-corrected chi connectivity index (χ0v) is 44.9. The Hall–Kier alpha value is -1.02. The number of unbranched alkanes of at least 4 members (excludes halogenated alkanes) is 35. The molecule has 0 aliphatic rings. The van der Waals surface area contributed by atoms with Crippen molar-refractivity contribution < 1.29 is 32.9 Å². The highest BCUT2D eigenvalue weighted by Gasteiger charge is 2.24. The van der Waals surface area contributed by atoms with Crippen molar-refractivity contribution in [3.8, 4) is 0 Å². The Morgan fingerprint density at radius 1 is 0.538 bits per heavy atom. The van der Waals surface area contributed by atoms with Crippen molar-refractivity contribution in [3.05, 3.63) is 24.3 Å². The monoisotopic (exact) mass is 939 g/mol. The van der Waals surface area contributed by atoms with Gasteiger partial charge >= 0.3 is 0 Å². The molecule has 0 spiro atoms. The first kappa shape index (κ1) is 64.0. The first-order valence-corrected chi connectivity index (χ1v) is 29.6. The normalized spacial score (nSPS) is 14.1. The molecule has 0 aliphatic heterocycles. The van der Waals surface area contributed by atoms with E-state index in [1.54, 1.807) is 0 Å². The number of hydrogen-bond donors (Lipinski definition) is 2. The number of rotatable bonds is 52. The molecular weight excluding hydrogens is 828 g/mol. The molecule has 0 aromatic rings. The summed E-state index contributed by atoms with van der Waals surface area (Å²) in [5, 5.41) is 14.0. The highest BCUT2D eigenvalue weighted by Crippen LogP contribution is 2.38. The SMILES string of the molecule is CCCCC/C=C\C/C=C\CCCCCCCCCC(=O)NC(COP(=O)([O-])OCC[N+](C)(C)C)C(O)CCCCCCCCCCCCCCCCCCCCCCCCCCCC. The molecule has 2 N–H and O–H groups in total. The molecule has 0 heterocycles. The van der Waals surface area contributed by atoms with Gasteiger partial charge in [0.05, 0.1) is 39.9 Å². The number of nitrogens with zero attached hydrogens (tertiary/aromatic N) is 1. The molecule has 8 nitrogen and oxygen atoms in total. The van der Waals surface area contributed by atoms with Crippen LogP contribution in [0.15, 0.2) is 24.3 Å². The summed E-state index contributed by atoms with van der Waals surface area (Å²) in [6.07, 6.45) is 59.2. The lowest BCUT2D eigenvalue weighted by molar-refractivity contribution is -0.870. The molecule has 386 valence electrons. The third-order valence-electron chi connectivity index (χ3n) is 12.9. The van der Waals surface area contributed by atoms with Crippen LogP contribution in [0.2, 0.25) is 0 Å². The average Bonchev–Trinajstić information content (AvgIpc) is 3.26. The van der Waals surface area contributed by atoms with E-state index in [4.69, 9.17) is 9.05 Å². The van der Waals surface area contributed by atoms with Crippen LogP contribution in [0.25, 0.3) is 0 Å². The summed E-state index contributed by atoms with van der Waals surface area (Å²) in [6.45, 7) is 4.72. The number of phosphoric acid groups is 1. The van der Waals surface area contributed by atoms with Gasteiger partial charge in [-0.05, 0) is 44.9 Å². The topological polar surface area (TPSA) is 108 Å². The van der Waals surface area contributed by atoms with Crippen molar-refractivity contribution in [2.24, 2.45) is 0 Å². The van der Waals surface area contributed by atoms with Gasteiger partial charge in [0, 0.05) is 6.42 Å². The second kappa shape index (κ2) is 48.0. The number of aliphatic hydroxyl groups is 1. The number of aliphatic hydroxyl groups excluding tert-OH is 1. The number of nitrogens with one attached hydrogen (secondary N) is 1. The van der Waals surface area contributed by atoms with Crippen molar-refractivity contribution in [2.75, 3.05) is 40.9 Å². The Bertz CT molecular complexity index is 1110. The van der Waals surface area contributed by atoms with E-state index in [0.29, 0.717) is 23.9 Å². The van der Waals surface area contributed by atoms with Gasteiger partial charge in [0.2, 0.25) is 5.91 Å². The van der Waals surface area contributed by atoms with Crippen molar-refractivity contribution in [1.82, 2.24) is 5.32 Å². The molecule has 3 unspecified atom stereocenters. The second-order valence-electron chi connectivity index (χ2n) is 20.6. The summed E-state index contributed by atoms with van der Waals surface area (Å²) in [6, 6.07) is -0.804. The maximum atomic E-state index is 13.0. The van der Waals surface area contributed by atoms with E-state index in [1.807, 2.05) is 21.1 Å². The van der Waals surface area contributed by atoms with Crippen LogP contribution in [0.1, 0.15) is 277 Å². The minimum absolute atomic E-state index is 0.0115. The molecule has 65 heavy (non-hydrogen) atoms. The number of carbonyl (C=O) groups is 1. The van der Waals surface area contributed by atoms with Gasteiger partial charge in [-0.25, -0.2) is 0 Å². The number of carbonyl (C=O) groups excluding carboxylic acids is 1. The predicted octanol–water partition coefficient (Wildman–Crippen LogP) is 16.2. The summed E-state index contributed by atoms with van der Waals surface area (Å²) < 4.78 is 23.4. The predicted molar refractivity (Wildman–Crippen MR) is 279 cm³/mol. The molecule has 0 fully saturated rings. The smallest absolute Gasteiger partial charge is 0.268 e. The molecular formula is C56H111N2O6P. The number of hydrogen-bond acceptors (Lipinski definition) is 6. The number of quaternary nitrogens is 1. The molecule has 0 aromatic heterocycles. The maximum absolute atomic E-state index is 13.0. The van der Waals surface area contributed by atoms with Crippen molar-refractivity contribution in [2.45, 2.75) is 289 Å². The summed E-state index contributed by atoms with van der Waals surface area (Å²) in [5.41, 5.74) is 0. The molecule has 3 atom stereocenters. The van der Waals surface area contributed by atoms with Crippen LogP contribution in [0.4, 0.5) is 0 Å². The van der Waals surface area contributed by atoms with E-state index >= 15 is 0 Å². The first-order valence-electron chi connectivity index (χ1n) is 28.2. The Morgan fingerprint density at radius 3 is 1.31 bits per heavy atom. The standard InChI is InChI=1S/C56H111N2O6P/c1-6-8-10-12-14-16-18-20-22-24-25-26-27-28-29-30-31-32-34-35-37-39-41-43-45-47-49-55(59)54(53-64-65(61,62)63-52-51-58(3,4)5)57-56(60)50-48-46-44-42-40-38-36-33-23-21-19-17-15-13-11-9-7-2/h15,17,21,23,54-55,59H,6-14,16,18-20,22,24-53H2,1-5H3,(H-,57,60,61,62)/b17-15-,23-21-. The number of likely N-dealkylation sites (N-methyl/N-ethyl adjacent to an activating group) is 1. The largest absolute Gasteiger partial charge is 0.756 e. The minimum atomic E-state index is -4.57. The molecule has 1 amide bonds. The minimum Gasteiger partial charge on any atom is -0.756 e. The summed E-state index contributed by atoms with van der Waals surface area (Å²) in [5.74, 6) is -0.169. The van der Waals surface area contributed by atoms with Gasteiger partial charge in [-0.2, -0.15) is 0 Å². The lowest BCUT2D eigenvalue weighted by Crippen LogP contribution is -2.46. The number of amides is 1. The van der Waals surface area contributed by atoms with Crippen LogP contribution in [-0.2, 0) is 18.4 Å². The Balaban J connectivity index is 4.14. The van der Waals surface area contributed by atoms with E-state index in [-0.39, 0.29) is 19.1 Å². The van der Waals surface area contributed by atoms with Gasteiger partial charge in [0.1, 0.15) is 13.2 Å². The van der Waals surface area contributed by atoms with Crippen LogP contribution in [-0.4, -0.2) is 68.5 Å². The lowest BCUT2D eigenvalue weighted by Gasteiger charge is -2.30. The summed E-state index contributed by atoms with van der Waals surface area (Å²) in [7, 11) is 1.31. The van der Waals surface area contributed by atoms with Gasteiger partial charge in [0.25, 0.3) is 7.82 Å². The van der Waals surface area contributed by atoms with Gasteiger partial charge in [-0.3, -0.25) is 9.36 Å². The highest BCUT2D eigenvalue weighted by molar-refractivity contribution is 7.45. The van der Waals surface area contributed by atoms with E-state index in [2.05, 4.69) is 43.5 Å². The second-order valence-corrected chi connectivity index (χ2v) is 22.1. The van der Waals surface area contributed by atoms with Crippen LogP contribution >= 0.6 is 7.82 Å². The molecule has 9 heteroatoms. The fourth-order valence-corrected chi connectivity index (χ4v) is 9.21. The van der Waals surface area contributed by atoms with Crippen molar-refractivity contribution in [1.29, 1.82) is 0 Å². The Morgan fingerprint density at radius 2 is 0.892 bits per heavy atom. The van der Waals surface area contributed by atoms with Crippen molar-refractivity contribution >= 4 is 13.7 Å². The van der Waals surface area contributed by atoms with E-state index < -0.39 is 20.0 Å². The van der Waals surface area contributed by atoms with Crippen LogP contribution in [0.5, 0.6) is 0 Å². The number of phosphoric ester groups is 1. The quantitative estimate of drug-likeness (QED) is 0.0272. The van der Waals surface area contributed by atoms with Crippen LogP contribution < -0.4 is 10.2 Å². The molecule has 0 rings (SSSR count). The summed E-state index contributed by atoms with van der Waals surface area (Å²) >= 11 is 0. The van der Waals surface area contributed by atoms with Gasteiger partial charge in [-0.1, -0.05) is 250 Å². The number of allylic oxidation sites excluding steroid dienone is 4. The molecule has 0 aliphatic carbocycles. The maximum Gasteiger partial charge on any atom is 0.268 e. The fraction of sp³-hybridized carbons (Fsp3) is 0.911. The van der Waals surface area contributed by atoms with Gasteiger partial charge in [0.15, 0.2) is 0 Å². The molecule has 0 radical (unpaired) electrons. The summed E-state index contributed by atoms with van der Waals surface area (Å²) in [4.78, 5) is 25.5. The zero-order valence-electron chi connectivity index (χ0n) is 44.0. The fourth-order valence-electron chi connectivity index (χ4n) is 8.48. The third kappa shape index (κ3) is 50.7. The Labute approximate surface area is 404 Å².